The number of nitrogens with zero attached hydrogens (tertiary/aromatic N) is 1. The second-order valence-electron chi connectivity index (χ2n) is 3.98. The molecular weight excluding hydrogens is 202 g/mol. The van der Waals surface area contributed by atoms with Gasteiger partial charge in [-0.2, -0.15) is 0 Å². The van der Waals surface area contributed by atoms with Crippen LogP contribution in [0.3, 0.4) is 0 Å². The first kappa shape index (κ1) is 10.2. The molecule has 0 unspecified atom stereocenters. The molecule has 1 aliphatic heterocycles. The van der Waals surface area contributed by atoms with Crippen molar-refractivity contribution in [2.24, 2.45) is 0 Å². The summed E-state index contributed by atoms with van der Waals surface area (Å²) in [6.07, 6.45) is 4.87. The number of amides is 1. The summed E-state index contributed by atoms with van der Waals surface area (Å²) in [5, 5.41) is 0. The molecule has 14 heavy (non-hydrogen) atoms. The van der Waals surface area contributed by atoms with Crippen LogP contribution in [0.5, 0.6) is 0 Å². The van der Waals surface area contributed by atoms with Gasteiger partial charge in [0.25, 0.3) is 0 Å². The molecule has 80 valence electrons. The fraction of sp³-hybridized carbons (Fsp3) is 0.900. The smallest absolute Gasteiger partial charge is 0.237 e. The molecule has 0 aromatic rings. The Morgan fingerprint density at radius 1 is 1.43 bits per heavy atom. The standard InChI is InChI=1S/C10H16ClNO2/c11-7-10(13)12-5-6-14-9-4-2-1-3-8(9)12/h8-9H,1-7H2/t8-,9-/m1/s1. The first-order chi connectivity index (χ1) is 6.83. The SMILES string of the molecule is O=C(CCl)N1CCO[C@@H]2CCCC[C@H]21. The minimum atomic E-state index is 0.0619. The normalized spacial score (nSPS) is 32.5. The van der Waals surface area contributed by atoms with E-state index in [-0.39, 0.29) is 17.9 Å². The van der Waals surface area contributed by atoms with Gasteiger partial charge in [0.1, 0.15) is 5.88 Å². The quantitative estimate of drug-likeness (QED) is 0.622. The molecule has 3 nitrogen and oxygen atoms in total. The first-order valence-electron chi connectivity index (χ1n) is 5.30. The second-order valence-corrected chi connectivity index (χ2v) is 4.25. The highest BCUT2D eigenvalue weighted by molar-refractivity contribution is 6.27. The van der Waals surface area contributed by atoms with Crippen molar-refractivity contribution in [2.45, 2.75) is 37.8 Å². The van der Waals surface area contributed by atoms with Crippen LogP contribution < -0.4 is 0 Å². The average Bonchev–Trinajstić information content (AvgIpc) is 2.27. The third kappa shape index (κ3) is 1.89. The van der Waals surface area contributed by atoms with Gasteiger partial charge in [-0.15, -0.1) is 11.6 Å². The minimum Gasteiger partial charge on any atom is -0.374 e. The molecule has 2 rings (SSSR count). The van der Waals surface area contributed by atoms with Gasteiger partial charge in [0.05, 0.1) is 18.8 Å². The number of hydrogen-bond acceptors (Lipinski definition) is 2. The molecule has 0 aromatic carbocycles. The number of carbonyl (C=O) groups excluding carboxylic acids is 1. The van der Waals surface area contributed by atoms with Crippen molar-refractivity contribution in [1.29, 1.82) is 0 Å². The van der Waals surface area contributed by atoms with E-state index in [2.05, 4.69) is 0 Å². The summed E-state index contributed by atoms with van der Waals surface area (Å²) < 4.78 is 5.67. The fourth-order valence-corrected chi connectivity index (χ4v) is 2.64. The number of carbonyl (C=O) groups is 1. The van der Waals surface area contributed by atoms with E-state index >= 15 is 0 Å². The van der Waals surface area contributed by atoms with Gasteiger partial charge in [-0.1, -0.05) is 12.8 Å². The number of morpholine rings is 1. The van der Waals surface area contributed by atoms with Crippen molar-refractivity contribution in [3.8, 4) is 0 Å². The van der Waals surface area contributed by atoms with Crippen LogP contribution in [0.4, 0.5) is 0 Å². The molecule has 1 saturated heterocycles. The largest absolute Gasteiger partial charge is 0.374 e. The van der Waals surface area contributed by atoms with Gasteiger partial charge in [0, 0.05) is 6.54 Å². The zero-order valence-electron chi connectivity index (χ0n) is 8.25. The lowest BCUT2D eigenvalue weighted by Crippen LogP contribution is -2.55. The van der Waals surface area contributed by atoms with Gasteiger partial charge in [0.2, 0.25) is 5.91 Å². The molecule has 0 bridgehead atoms. The lowest BCUT2D eigenvalue weighted by Gasteiger charge is -2.43. The number of fused-ring (bicyclic) bond motifs is 1. The molecule has 0 spiro atoms. The summed E-state index contributed by atoms with van der Waals surface area (Å²) in [7, 11) is 0. The van der Waals surface area contributed by atoms with Crippen LogP contribution in [0.15, 0.2) is 0 Å². The maximum atomic E-state index is 11.6. The molecule has 2 fully saturated rings. The monoisotopic (exact) mass is 217 g/mol. The molecule has 0 N–H and O–H groups in total. The highest BCUT2D eigenvalue weighted by Crippen LogP contribution is 2.28. The van der Waals surface area contributed by atoms with Crippen molar-refractivity contribution in [1.82, 2.24) is 4.90 Å². The molecule has 1 heterocycles. The molecule has 4 heteroatoms. The van der Waals surface area contributed by atoms with Gasteiger partial charge >= 0.3 is 0 Å². The van der Waals surface area contributed by atoms with Crippen LogP contribution >= 0.6 is 11.6 Å². The van der Waals surface area contributed by atoms with Crippen molar-refractivity contribution < 1.29 is 9.53 Å². The first-order valence-corrected chi connectivity index (χ1v) is 5.83. The van der Waals surface area contributed by atoms with E-state index in [1.165, 1.54) is 12.8 Å². The van der Waals surface area contributed by atoms with E-state index in [4.69, 9.17) is 16.3 Å². The highest BCUT2D eigenvalue weighted by Gasteiger charge is 2.36. The second kappa shape index (κ2) is 4.49. The Balaban J connectivity index is 2.04. The summed E-state index contributed by atoms with van der Waals surface area (Å²) in [6, 6.07) is 0.295. The summed E-state index contributed by atoms with van der Waals surface area (Å²) in [5.74, 6) is 0.162. The highest BCUT2D eigenvalue weighted by atomic mass is 35.5. The summed E-state index contributed by atoms with van der Waals surface area (Å²) in [6.45, 7) is 1.39. The fourth-order valence-electron chi connectivity index (χ4n) is 2.48. The third-order valence-corrected chi connectivity index (χ3v) is 3.40. The zero-order chi connectivity index (χ0) is 9.97. The van der Waals surface area contributed by atoms with Crippen LogP contribution in [-0.4, -0.2) is 42.0 Å². The Labute approximate surface area is 89.4 Å². The van der Waals surface area contributed by atoms with Crippen LogP contribution in [0.25, 0.3) is 0 Å². The Hall–Kier alpha value is -0.280. The van der Waals surface area contributed by atoms with Gasteiger partial charge in [-0.3, -0.25) is 4.79 Å². The number of alkyl halides is 1. The third-order valence-electron chi connectivity index (χ3n) is 3.17. The van der Waals surface area contributed by atoms with Crippen LogP contribution in [-0.2, 0) is 9.53 Å². The van der Waals surface area contributed by atoms with E-state index < -0.39 is 0 Å². The molecule has 1 amide bonds. The molecule has 0 radical (unpaired) electrons. The van der Waals surface area contributed by atoms with Crippen molar-refractivity contribution >= 4 is 17.5 Å². The average molecular weight is 218 g/mol. The number of hydrogen-bond donors (Lipinski definition) is 0. The topological polar surface area (TPSA) is 29.5 Å². The van der Waals surface area contributed by atoms with Gasteiger partial charge < -0.3 is 9.64 Å². The Morgan fingerprint density at radius 2 is 2.21 bits per heavy atom. The maximum absolute atomic E-state index is 11.6. The van der Waals surface area contributed by atoms with Crippen molar-refractivity contribution in [3.63, 3.8) is 0 Å². The lowest BCUT2D eigenvalue weighted by molar-refractivity contribution is -0.146. The van der Waals surface area contributed by atoms with E-state index in [0.29, 0.717) is 19.2 Å². The van der Waals surface area contributed by atoms with Crippen molar-refractivity contribution in [2.75, 3.05) is 19.0 Å². The van der Waals surface area contributed by atoms with Gasteiger partial charge in [-0.25, -0.2) is 0 Å². The van der Waals surface area contributed by atoms with E-state index in [0.717, 1.165) is 12.8 Å². The maximum Gasteiger partial charge on any atom is 0.237 e. The molecule has 0 aromatic heterocycles. The Morgan fingerprint density at radius 3 is 3.00 bits per heavy atom. The molecule has 1 saturated carbocycles. The van der Waals surface area contributed by atoms with Crippen molar-refractivity contribution in [3.05, 3.63) is 0 Å². The van der Waals surface area contributed by atoms with Crippen LogP contribution in [0.1, 0.15) is 25.7 Å². The minimum absolute atomic E-state index is 0.0619. The van der Waals surface area contributed by atoms with E-state index in [9.17, 15) is 4.79 Å². The molecular formula is C10H16ClNO2. The van der Waals surface area contributed by atoms with Gasteiger partial charge in [-0.05, 0) is 12.8 Å². The number of rotatable bonds is 1. The predicted octanol–water partition coefficient (Wildman–Crippen LogP) is 1.40. The Bertz CT molecular complexity index is 220. The molecule has 1 aliphatic carbocycles. The zero-order valence-corrected chi connectivity index (χ0v) is 9.00. The lowest BCUT2D eigenvalue weighted by atomic mass is 9.90. The summed E-state index contributed by atoms with van der Waals surface area (Å²) in [4.78, 5) is 13.5. The summed E-state index contributed by atoms with van der Waals surface area (Å²) >= 11 is 5.58. The van der Waals surface area contributed by atoms with E-state index in [1.807, 2.05) is 4.90 Å². The number of ether oxygens (including phenoxy) is 1. The predicted molar refractivity (Wildman–Crippen MR) is 54.4 cm³/mol. The van der Waals surface area contributed by atoms with Crippen LogP contribution in [0, 0.1) is 0 Å². The Kier molecular flexibility index (Phi) is 3.29. The van der Waals surface area contributed by atoms with Gasteiger partial charge in [0.15, 0.2) is 0 Å². The summed E-state index contributed by atoms with van der Waals surface area (Å²) in [5.41, 5.74) is 0. The van der Waals surface area contributed by atoms with Crippen LogP contribution in [0.2, 0.25) is 0 Å². The molecule has 2 aliphatic rings. The number of halogens is 1. The van der Waals surface area contributed by atoms with E-state index in [1.54, 1.807) is 0 Å². The molecule has 2 atom stereocenters.